The van der Waals surface area contributed by atoms with Crippen LogP contribution in [0.2, 0.25) is 0 Å². The maximum Gasteiger partial charge on any atom is 0.117 e. The van der Waals surface area contributed by atoms with Gasteiger partial charge in [-0.1, -0.05) is 6.58 Å². The van der Waals surface area contributed by atoms with Crippen molar-refractivity contribution in [3.63, 3.8) is 0 Å². The van der Waals surface area contributed by atoms with Gasteiger partial charge in [0.05, 0.1) is 7.11 Å². The minimum Gasteiger partial charge on any atom is -0.497 e. The molecular formula is C11H14FNO. The van der Waals surface area contributed by atoms with Crippen molar-refractivity contribution in [3.05, 3.63) is 41.4 Å². The SMILES string of the molecule is C=C(/C=C\c1[nH]c(C)cc1CF)OC. The smallest absolute Gasteiger partial charge is 0.117 e. The molecule has 1 aromatic rings. The lowest BCUT2D eigenvalue weighted by molar-refractivity contribution is 0.309. The molecule has 0 aliphatic carbocycles. The molecule has 1 N–H and O–H groups in total. The first-order valence-electron chi connectivity index (χ1n) is 4.32. The van der Waals surface area contributed by atoms with Crippen molar-refractivity contribution in [1.82, 2.24) is 4.98 Å². The van der Waals surface area contributed by atoms with Gasteiger partial charge in [-0.2, -0.15) is 0 Å². The Bertz CT molecular complexity index is 352. The van der Waals surface area contributed by atoms with Gasteiger partial charge in [0.2, 0.25) is 0 Å². The third-order valence-electron chi connectivity index (χ3n) is 1.91. The van der Waals surface area contributed by atoms with Crippen molar-refractivity contribution in [2.24, 2.45) is 0 Å². The Morgan fingerprint density at radius 2 is 2.43 bits per heavy atom. The van der Waals surface area contributed by atoms with Crippen LogP contribution in [0.15, 0.2) is 24.5 Å². The number of ether oxygens (including phenoxy) is 1. The average molecular weight is 195 g/mol. The maximum atomic E-state index is 12.5. The number of aromatic amines is 1. The van der Waals surface area contributed by atoms with E-state index in [2.05, 4.69) is 11.6 Å². The Morgan fingerprint density at radius 1 is 1.71 bits per heavy atom. The van der Waals surface area contributed by atoms with Gasteiger partial charge in [-0.15, -0.1) is 0 Å². The van der Waals surface area contributed by atoms with Crippen molar-refractivity contribution in [3.8, 4) is 0 Å². The number of alkyl halides is 1. The summed E-state index contributed by atoms with van der Waals surface area (Å²) in [6.45, 7) is 5.06. The number of aromatic nitrogens is 1. The van der Waals surface area contributed by atoms with E-state index in [0.717, 1.165) is 11.4 Å². The van der Waals surface area contributed by atoms with Gasteiger partial charge in [-0.25, -0.2) is 4.39 Å². The van der Waals surface area contributed by atoms with Gasteiger partial charge in [0, 0.05) is 17.0 Å². The van der Waals surface area contributed by atoms with Gasteiger partial charge in [0.1, 0.15) is 12.4 Å². The van der Waals surface area contributed by atoms with Gasteiger partial charge in [0.15, 0.2) is 0 Å². The number of halogens is 1. The Morgan fingerprint density at radius 3 is 3.00 bits per heavy atom. The standard InChI is InChI=1S/C11H14FNO/c1-8-6-10(7-12)11(13-8)5-4-9(2)14-3/h4-6,13H,2,7H2,1,3H3/b5-4-. The van der Waals surface area contributed by atoms with Crippen LogP contribution in [-0.2, 0) is 11.4 Å². The average Bonchev–Trinajstić information content (AvgIpc) is 2.55. The van der Waals surface area contributed by atoms with Crippen molar-refractivity contribution in [2.45, 2.75) is 13.6 Å². The van der Waals surface area contributed by atoms with E-state index in [1.165, 1.54) is 0 Å². The summed E-state index contributed by atoms with van der Waals surface area (Å²) >= 11 is 0. The summed E-state index contributed by atoms with van der Waals surface area (Å²) in [6, 6.07) is 1.79. The van der Waals surface area contributed by atoms with E-state index in [9.17, 15) is 4.39 Å². The van der Waals surface area contributed by atoms with Crippen LogP contribution in [-0.4, -0.2) is 12.1 Å². The topological polar surface area (TPSA) is 25.0 Å². The molecule has 0 fully saturated rings. The summed E-state index contributed by atoms with van der Waals surface area (Å²) in [4.78, 5) is 3.05. The highest BCUT2D eigenvalue weighted by atomic mass is 19.1. The zero-order valence-corrected chi connectivity index (χ0v) is 8.43. The molecule has 0 atom stereocenters. The Balaban J connectivity index is 2.84. The molecule has 0 aliphatic rings. The lowest BCUT2D eigenvalue weighted by Crippen LogP contribution is -1.82. The van der Waals surface area contributed by atoms with Crippen LogP contribution < -0.4 is 0 Å². The summed E-state index contributed by atoms with van der Waals surface area (Å²) < 4.78 is 17.4. The molecular weight excluding hydrogens is 181 g/mol. The van der Waals surface area contributed by atoms with E-state index in [0.29, 0.717) is 11.3 Å². The van der Waals surface area contributed by atoms with E-state index in [4.69, 9.17) is 4.74 Å². The Kier molecular flexibility index (Phi) is 3.51. The van der Waals surface area contributed by atoms with Gasteiger partial charge in [-0.3, -0.25) is 0 Å². The van der Waals surface area contributed by atoms with Crippen molar-refractivity contribution in [2.75, 3.05) is 7.11 Å². The highest BCUT2D eigenvalue weighted by Gasteiger charge is 2.02. The number of allylic oxidation sites excluding steroid dienone is 1. The fourth-order valence-corrected chi connectivity index (χ4v) is 1.17. The van der Waals surface area contributed by atoms with Crippen molar-refractivity contribution < 1.29 is 9.13 Å². The van der Waals surface area contributed by atoms with Gasteiger partial charge >= 0.3 is 0 Å². The number of hydrogen-bond donors (Lipinski definition) is 1. The first kappa shape index (κ1) is 10.6. The fourth-order valence-electron chi connectivity index (χ4n) is 1.17. The van der Waals surface area contributed by atoms with Gasteiger partial charge < -0.3 is 9.72 Å². The highest BCUT2D eigenvalue weighted by Crippen LogP contribution is 2.14. The minimum atomic E-state index is -0.469. The fraction of sp³-hybridized carbons (Fsp3) is 0.273. The third kappa shape index (κ3) is 2.49. The number of aryl methyl sites for hydroxylation is 1. The second-order valence-electron chi connectivity index (χ2n) is 3.03. The van der Waals surface area contributed by atoms with Crippen LogP contribution in [0.5, 0.6) is 0 Å². The van der Waals surface area contributed by atoms with Crippen LogP contribution in [0.3, 0.4) is 0 Å². The van der Waals surface area contributed by atoms with Crippen LogP contribution >= 0.6 is 0 Å². The molecule has 1 heterocycles. The second-order valence-corrected chi connectivity index (χ2v) is 3.03. The normalized spacial score (nSPS) is 10.8. The number of H-pyrrole nitrogens is 1. The molecule has 0 radical (unpaired) electrons. The predicted molar refractivity (Wildman–Crippen MR) is 55.5 cm³/mol. The largest absolute Gasteiger partial charge is 0.497 e. The third-order valence-corrected chi connectivity index (χ3v) is 1.91. The zero-order chi connectivity index (χ0) is 10.6. The van der Waals surface area contributed by atoms with E-state index in [1.54, 1.807) is 25.3 Å². The molecule has 0 saturated heterocycles. The van der Waals surface area contributed by atoms with E-state index >= 15 is 0 Å². The van der Waals surface area contributed by atoms with Gasteiger partial charge in [0.25, 0.3) is 0 Å². The lowest BCUT2D eigenvalue weighted by Gasteiger charge is -1.96. The molecule has 14 heavy (non-hydrogen) atoms. The molecule has 1 rings (SSSR count). The summed E-state index contributed by atoms with van der Waals surface area (Å²) in [5.41, 5.74) is 2.37. The molecule has 1 aromatic heterocycles. The first-order valence-corrected chi connectivity index (χ1v) is 4.32. The molecule has 0 spiro atoms. The van der Waals surface area contributed by atoms with Crippen LogP contribution in [0, 0.1) is 6.92 Å². The van der Waals surface area contributed by atoms with Crippen LogP contribution in [0.1, 0.15) is 17.0 Å². The number of rotatable bonds is 4. The van der Waals surface area contributed by atoms with E-state index in [-0.39, 0.29) is 0 Å². The quantitative estimate of drug-likeness (QED) is 0.580. The number of methoxy groups -OCH3 is 1. The van der Waals surface area contributed by atoms with E-state index < -0.39 is 6.67 Å². The molecule has 2 nitrogen and oxygen atoms in total. The summed E-state index contributed by atoms with van der Waals surface area (Å²) in [7, 11) is 1.54. The number of nitrogens with one attached hydrogen (secondary N) is 1. The van der Waals surface area contributed by atoms with Crippen LogP contribution in [0.25, 0.3) is 6.08 Å². The van der Waals surface area contributed by atoms with Crippen LogP contribution in [0.4, 0.5) is 4.39 Å². The molecule has 0 amide bonds. The van der Waals surface area contributed by atoms with Crippen molar-refractivity contribution in [1.29, 1.82) is 0 Å². The first-order chi connectivity index (χ1) is 6.67. The zero-order valence-electron chi connectivity index (χ0n) is 8.43. The molecule has 0 saturated carbocycles. The molecule has 0 aromatic carbocycles. The monoisotopic (exact) mass is 195 g/mol. The minimum absolute atomic E-state index is 0.469. The van der Waals surface area contributed by atoms with Crippen molar-refractivity contribution >= 4 is 6.08 Å². The molecule has 0 aliphatic heterocycles. The molecule has 3 heteroatoms. The van der Waals surface area contributed by atoms with E-state index in [1.807, 2.05) is 6.92 Å². The predicted octanol–water partition coefficient (Wildman–Crippen LogP) is 2.97. The molecule has 0 bridgehead atoms. The second kappa shape index (κ2) is 4.65. The van der Waals surface area contributed by atoms with Gasteiger partial charge in [-0.05, 0) is 25.1 Å². The lowest BCUT2D eigenvalue weighted by atomic mass is 10.2. The Labute approximate surface area is 83.1 Å². The number of hydrogen-bond acceptors (Lipinski definition) is 1. The Hall–Kier alpha value is -1.51. The summed E-state index contributed by atoms with van der Waals surface area (Å²) in [6.07, 6.45) is 3.46. The summed E-state index contributed by atoms with van der Waals surface area (Å²) in [5.74, 6) is 0.544. The highest BCUT2D eigenvalue weighted by molar-refractivity contribution is 5.53. The molecule has 76 valence electrons. The maximum absolute atomic E-state index is 12.5. The summed E-state index contributed by atoms with van der Waals surface area (Å²) in [5, 5.41) is 0. The molecule has 0 unspecified atom stereocenters.